The zero-order chi connectivity index (χ0) is 40.4. The predicted octanol–water partition coefficient (Wildman–Crippen LogP) is 12.9. The van der Waals surface area contributed by atoms with Crippen molar-refractivity contribution in [3.63, 3.8) is 0 Å². The number of esters is 2. The van der Waals surface area contributed by atoms with Crippen molar-refractivity contribution in [2.45, 2.75) is 41.5 Å². The Morgan fingerprint density at radius 1 is 0.463 bits per heavy atom. The normalized spacial score (nSPS) is 9.07. The molecule has 0 unspecified atom stereocenters. The van der Waals surface area contributed by atoms with Crippen LogP contribution in [0.15, 0.2) is 172 Å². The van der Waals surface area contributed by atoms with Crippen LogP contribution in [-0.4, -0.2) is 25.2 Å². The fourth-order valence-electron chi connectivity index (χ4n) is 3.96. The van der Waals surface area contributed by atoms with Crippen LogP contribution in [0.1, 0.15) is 58.4 Å². The molecule has 0 saturated heterocycles. The minimum absolute atomic E-state index is 0.298. The molecule has 0 heterocycles. The van der Waals surface area contributed by atoms with Crippen molar-refractivity contribution in [2.75, 3.05) is 13.2 Å². The van der Waals surface area contributed by atoms with Gasteiger partial charge in [0.1, 0.15) is 0 Å². The third-order valence-corrected chi connectivity index (χ3v) is 6.90. The maximum Gasteiger partial charge on any atom is 0.330 e. The standard InChI is InChI=1S/3C9H10.C8H12O4.C8H8.C7H8/c1-3-9-6-4-8(2)5-7-9;1-3-9-6-4-5-8(2)7-9;1-3-9-7-5-4-6-8(9)2;1-3-11-7(9)5-6-8(10)12-4-2;1-2-8-6-4-3-5-7-8;1-7-5-3-2-4-6-7/h3*3-7H,1H2,2H3;5-6H,3-4H2,1-2H3;2-7H,1H2;2-6H,1H3/b;;;6-5+;;. The van der Waals surface area contributed by atoms with Gasteiger partial charge in [-0.15, -0.1) is 0 Å². The Hall–Kier alpha value is -6.26. The maximum atomic E-state index is 10.6. The lowest BCUT2D eigenvalue weighted by Crippen LogP contribution is -2.03. The molecule has 0 saturated carbocycles. The number of ether oxygens (including phenoxy) is 2. The summed E-state index contributed by atoms with van der Waals surface area (Å²) in [5.74, 6) is -1.07. The first-order valence-corrected chi connectivity index (χ1v) is 17.8. The molecule has 5 rings (SSSR count). The molecular formula is C50H58O4. The van der Waals surface area contributed by atoms with E-state index in [1.807, 2.05) is 97.1 Å². The largest absolute Gasteiger partial charge is 0.463 e. The van der Waals surface area contributed by atoms with Gasteiger partial charge in [0.05, 0.1) is 13.2 Å². The fourth-order valence-corrected chi connectivity index (χ4v) is 3.96. The van der Waals surface area contributed by atoms with E-state index in [1.54, 1.807) is 13.8 Å². The summed E-state index contributed by atoms with van der Waals surface area (Å²) in [5, 5.41) is 0. The van der Waals surface area contributed by atoms with Crippen LogP contribution in [0.4, 0.5) is 0 Å². The summed E-state index contributed by atoms with van der Waals surface area (Å²) < 4.78 is 9.07. The van der Waals surface area contributed by atoms with Gasteiger partial charge in [-0.3, -0.25) is 0 Å². The summed E-state index contributed by atoms with van der Waals surface area (Å²) in [6, 6.07) is 45.0. The highest BCUT2D eigenvalue weighted by Gasteiger charge is 1.97. The summed E-state index contributed by atoms with van der Waals surface area (Å²) >= 11 is 0. The Bertz CT molecular complexity index is 1780. The van der Waals surface area contributed by atoms with Crippen molar-refractivity contribution in [3.05, 3.63) is 216 Å². The first kappa shape index (κ1) is 47.7. The van der Waals surface area contributed by atoms with Crippen molar-refractivity contribution in [3.8, 4) is 0 Å². The van der Waals surface area contributed by atoms with Crippen LogP contribution in [0.5, 0.6) is 0 Å². The molecule has 4 heteroatoms. The fraction of sp³-hybridized carbons (Fsp3) is 0.160. The highest BCUT2D eigenvalue weighted by Crippen LogP contribution is 2.07. The molecule has 0 amide bonds. The van der Waals surface area contributed by atoms with E-state index in [-0.39, 0.29) is 0 Å². The molecule has 0 radical (unpaired) electrons. The van der Waals surface area contributed by atoms with Gasteiger partial charge in [0, 0.05) is 12.2 Å². The molecule has 0 aromatic heterocycles. The van der Waals surface area contributed by atoms with Gasteiger partial charge in [0.25, 0.3) is 0 Å². The highest BCUT2D eigenvalue weighted by molar-refractivity contribution is 5.91. The first-order chi connectivity index (χ1) is 26.0. The molecule has 0 spiro atoms. The Morgan fingerprint density at radius 3 is 1.22 bits per heavy atom. The van der Waals surface area contributed by atoms with Crippen molar-refractivity contribution >= 4 is 36.2 Å². The molecule has 4 nitrogen and oxygen atoms in total. The zero-order valence-electron chi connectivity index (χ0n) is 33.0. The SMILES string of the molecule is C=Cc1ccc(C)cc1.C=Cc1cccc(C)c1.C=Cc1ccccc1.C=Cc1ccccc1C.CCOC(=O)/C=C/C(=O)OCC.Cc1ccccc1. The summed E-state index contributed by atoms with van der Waals surface area (Å²) in [6.07, 6.45) is 9.49. The molecule has 0 bridgehead atoms. The summed E-state index contributed by atoms with van der Waals surface area (Å²) in [6.45, 7) is 26.9. The van der Waals surface area contributed by atoms with E-state index < -0.39 is 11.9 Å². The Balaban J connectivity index is 0.000000628. The van der Waals surface area contributed by atoms with E-state index in [2.05, 4.69) is 124 Å². The van der Waals surface area contributed by atoms with Gasteiger partial charge < -0.3 is 9.47 Å². The van der Waals surface area contributed by atoms with Crippen LogP contribution in [0.25, 0.3) is 24.3 Å². The van der Waals surface area contributed by atoms with E-state index in [4.69, 9.17) is 0 Å². The van der Waals surface area contributed by atoms with Gasteiger partial charge in [0.2, 0.25) is 0 Å². The average Bonchev–Trinajstić information content (AvgIpc) is 3.20. The van der Waals surface area contributed by atoms with Crippen LogP contribution < -0.4 is 0 Å². The van der Waals surface area contributed by atoms with E-state index in [9.17, 15) is 9.59 Å². The third kappa shape index (κ3) is 25.7. The number of benzene rings is 5. The molecule has 54 heavy (non-hydrogen) atoms. The summed E-state index contributed by atoms with van der Waals surface area (Å²) in [5.41, 5.74) is 9.95. The second-order valence-electron chi connectivity index (χ2n) is 11.4. The third-order valence-electron chi connectivity index (χ3n) is 6.90. The van der Waals surface area contributed by atoms with Crippen molar-refractivity contribution in [1.82, 2.24) is 0 Å². The number of rotatable bonds is 8. The van der Waals surface area contributed by atoms with Crippen LogP contribution in [-0.2, 0) is 19.1 Å². The second kappa shape index (κ2) is 31.5. The summed E-state index contributed by atoms with van der Waals surface area (Å²) in [4.78, 5) is 21.3. The Labute approximate surface area is 325 Å². The van der Waals surface area contributed by atoms with Gasteiger partial charge in [-0.05, 0) is 69.4 Å². The minimum atomic E-state index is -0.537. The van der Waals surface area contributed by atoms with Gasteiger partial charge in [0.15, 0.2) is 0 Å². The number of hydrogen-bond acceptors (Lipinski definition) is 4. The molecule has 0 aliphatic carbocycles. The molecule has 282 valence electrons. The van der Waals surface area contributed by atoms with E-state index in [0.29, 0.717) is 13.2 Å². The number of carbonyl (C=O) groups is 2. The Morgan fingerprint density at radius 2 is 0.870 bits per heavy atom. The van der Waals surface area contributed by atoms with Crippen LogP contribution in [0.2, 0.25) is 0 Å². The van der Waals surface area contributed by atoms with E-state index in [1.165, 1.54) is 44.5 Å². The molecule has 5 aromatic carbocycles. The van der Waals surface area contributed by atoms with Crippen molar-refractivity contribution < 1.29 is 19.1 Å². The quantitative estimate of drug-likeness (QED) is 0.118. The highest BCUT2D eigenvalue weighted by atomic mass is 16.5. The molecule has 0 aliphatic heterocycles. The molecule has 0 atom stereocenters. The summed E-state index contributed by atoms with van der Waals surface area (Å²) in [7, 11) is 0. The topological polar surface area (TPSA) is 52.6 Å². The molecule has 0 aliphatic rings. The average molecular weight is 723 g/mol. The Kier molecular flexibility index (Phi) is 27.8. The van der Waals surface area contributed by atoms with Crippen molar-refractivity contribution in [1.29, 1.82) is 0 Å². The predicted molar refractivity (Wildman–Crippen MR) is 234 cm³/mol. The lowest BCUT2D eigenvalue weighted by molar-refractivity contribution is -0.140. The molecule has 0 N–H and O–H groups in total. The van der Waals surface area contributed by atoms with Crippen molar-refractivity contribution in [2.24, 2.45) is 0 Å². The van der Waals surface area contributed by atoms with E-state index in [0.717, 1.165) is 12.2 Å². The van der Waals surface area contributed by atoms with Gasteiger partial charge in [-0.25, -0.2) is 9.59 Å². The van der Waals surface area contributed by atoms with Gasteiger partial charge >= 0.3 is 11.9 Å². The monoisotopic (exact) mass is 722 g/mol. The maximum absolute atomic E-state index is 10.6. The lowest BCUT2D eigenvalue weighted by atomic mass is 10.1. The van der Waals surface area contributed by atoms with Crippen LogP contribution in [0, 0.1) is 27.7 Å². The van der Waals surface area contributed by atoms with Gasteiger partial charge in [-0.2, -0.15) is 0 Å². The number of carbonyl (C=O) groups excluding carboxylic acids is 2. The number of aryl methyl sites for hydroxylation is 4. The molecular weight excluding hydrogens is 665 g/mol. The second-order valence-corrected chi connectivity index (χ2v) is 11.4. The van der Waals surface area contributed by atoms with E-state index >= 15 is 0 Å². The van der Waals surface area contributed by atoms with Crippen LogP contribution in [0.3, 0.4) is 0 Å². The minimum Gasteiger partial charge on any atom is -0.463 e. The number of hydrogen-bond donors (Lipinski definition) is 0. The molecule has 0 fully saturated rings. The van der Waals surface area contributed by atoms with Gasteiger partial charge in [-0.1, -0.05) is 201 Å². The first-order valence-electron chi connectivity index (χ1n) is 17.8. The zero-order valence-corrected chi connectivity index (χ0v) is 33.0. The van der Waals surface area contributed by atoms with Crippen LogP contribution >= 0.6 is 0 Å². The lowest BCUT2D eigenvalue weighted by Gasteiger charge is -1.95. The molecule has 5 aromatic rings. The smallest absolute Gasteiger partial charge is 0.330 e.